The van der Waals surface area contributed by atoms with Crippen LogP contribution in [-0.4, -0.2) is 31.1 Å². The van der Waals surface area contributed by atoms with Gasteiger partial charge in [0, 0.05) is 19.1 Å². The molecule has 1 aromatic rings. The van der Waals surface area contributed by atoms with Crippen molar-refractivity contribution in [2.24, 2.45) is 11.7 Å². The molecule has 106 valence electrons. The number of methoxy groups -OCH3 is 1. The van der Waals surface area contributed by atoms with Gasteiger partial charge in [-0.3, -0.25) is 4.90 Å². The van der Waals surface area contributed by atoms with Gasteiger partial charge in [-0.1, -0.05) is 19.1 Å². The summed E-state index contributed by atoms with van der Waals surface area (Å²) in [6, 6.07) is 7.01. The maximum atomic E-state index is 5.95. The van der Waals surface area contributed by atoms with Crippen molar-refractivity contribution in [3.05, 3.63) is 29.3 Å². The highest BCUT2D eigenvalue weighted by atomic mass is 16.5. The van der Waals surface area contributed by atoms with Gasteiger partial charge in [0.1, 0.15) is 5.75 Å². The molecule has 1 saturated heterocycles. The van der Waals surface area contributed by atoms with Gasteiger partial charge in [0.2, 0.25) is 0 Å². The van der Waals surface area contributed by atoms with Gasteiger partial charge in [-0.25, -0.2) is 0 Å². The predicted octanol–water partition coefficient (Wildman–Crippen LogP) is 2.56. The molecule has 0 aliphatic carbocycles. The number of ether oxygens (including phenoxy) is 1. The summed E-state index contributed by atoms with van der Waals surface area (Å²) in [5.41, 5.74) is 8.45. The van der Waals surface area contributed by atoms with Gasteiger partial charge in [0.25, 0.3) is 0 Å². The number of aryl methyl sites for hydroxylation is 1. The molecule has 1 aromatic carbocycles. The van der Waals surface area contributed by atoms with Gasteiger partial charge in [0.05, 0.1) is 7.11 Å². The first-order valence-electron chi connectivity index (χ1n) is 7.23. The summed E-state index contributed by atoms with van der Waals surface area (Å²) in [4.78, 5) is 2.53. The molecule has 0 spiro atoms. The fraction of sp³-hybridized carbons (Fsp3) is 0.625. The topological polar surface area (TPSA) is 38.5 Å². The highest BCUT2D eigenvalue weighted by molar-refractivity contribution is 5.36. The van der Waals surface area contributed by atoms with E-state index < -0.39 is 0 Å². The van der Waals surface area contributed by atoms with E-state index in [2.05, 4.69) is 36.9 Å². The summed E-state index contributed by atoms with van der Waals surface area (Å²) in [5, 5.41) is 0. The number of nitrogens with zero attached hydrogens (tertiary/aromatic N) is 1. The van der Waals surface area contributed by atoms with Crippen molar-refractivity contribution in [1.29, 1.82) is 0 Å². The first-order chi connectivity index (χ1) is 9.15. The van der Waals surface area contributed by atoms with Crippen molar-refractivity contribution < 1.29 is 4.74 Å². The van der Waals surface area contributed by atoms with Crippen molar-refractivity contribution in [1.82, 2.24) is 4.90 Å². The average Bonchev–Trinajstić information content (AvgIpc) is 2.41. The maximum absolute atomic E-state index is 5.95. The zero-order valence-corrected chi connectivity index (χ0v) is 12.4. The van der Waals surface area contributed by atoms with Gasteiger partial charge in [-0.15, -0.1) is 0 Å². The molecule has 3 heteroatoms. The minimum atomic E-state index is 0.515. The summed E-state index contributed by atoms with van der Waals surface area (Å²) in [6.45, 7) is 7.28. The van der Waals surface area contributed by atoms with Crippen molar-refractivity contribution in [3.63, 3.8) is 0 Å². The summed E-state index contributed by atoms with van der Waals surface area (Å²) < 4.78 is 5.41. The van der Waals surface area contributed by atoms with Gasteiger partial charge in [-0.05, 0) is 49.4 Å². The molecule has 1 aliphatic heterocycles. The number of likely N-dealkylation sites (tertiary alicyclic amines) is 1. The molecule has 0 aromatic heterocycles. The molecule has 0 bridgehead atoms. The number of piperidine rings is 1. The highest BCUT2D eigenvalue weighted by Gasteiger charge is 2.27. The van der Waals surface area contributed by atoms with Gasteiger partial charge in [0.15, 0.2) is 0 Å². The van der Waals surface area contributed by atoms with Crippen LogP contribution in [0, 0.1) is 12.8 Å². The Kier molecular flexibility index (Phi) is 4.83. The third kappa shape index (κ3) is 3.28. The molecule has 2 atom stereocenters. The maximum Gasteiger partial charge on any atom is 0.122 e. The minimum Gasteiger partial charge on any atom is -0.496 e. The number of nitrogens with two attached hydrogens (primary N) is 1. The van der Waals surface area contributed by atoms with Crippen molar-refractivity contribution in [2.75, 3.05) is 20.2 Å². The van der Waals surface area contributed by atoms with Crippen LogP contribution < -0.4 is 10.5 Å². The second-order valence-corrected chi connectivity index (χ2v) is 5.70. The Balaban J connectivity index is 2.11. The lowest BCUT2D eigenvalue weighted by Crippen LogP contribution is -2.47. The zero-order chi connectivity index (χ0) is 13.8. The SMILES string of the molecule is COc1cc(CN2CCCC(C)C2CN)ccc1C. The fourth-order valence-electron chi connectivity index (χ4n) is 3.11. The summed E-state index contributed by atoms with van der Waals surface area (Å²) in [7, 11) is 1.73. The van der Waals surface area contributed by atoms with Crippen LogP contribution in [-0.2, 0) is 6.54 Å². The lowest BCUT2D eigenvalue weighted by Gasteiger charge is -2.39. The second-order valence-electron chi connectivity index (χ2n) is 5.70. The Hall–Kier alpha value is -1.06. The van der Waals surface area contributed by atoms with Crippen LogP contribution in [0.25, 0.3) is 0 Å². The third-order valence-corrected chi connectivity index (χ3v) is 4.33. The van der Waals surface area contributed by atoms with E-state index in [1.165, 1.54) is 24.0 Å². The lowest BCUT2D eigenvalue weighted by atomic mass is 9.90. The molecule has 19 heavy (non-hydrogen) atoms. The largest absolute Gasteiger partial charge is 0.496 e. The van der Waals surface area contributed by atoms with E-state index in [-0.39, 0.29) is 0 Å². The van der Waals surface area contributed by atoms with Crippen LogP contribution in [0.3, 0.4) is 0 Å². The predicted molar refractivity (Wildman–Crippen MR) is 79.4 cm³/mol. The monoisotopic (exact) mass is 262 g/mol. The van der Waals surface area contributed by atoms with Gasteiger partial charge < -0.3 is 10.5 Å². The van der Waals surface area contributed by atoms with Crippen molar-refractivity contribution >= 4 is 0 Å². The first kappa shape index (κ1) is 14.4. The van der Waals surface area contributed by atoms with E-state index in [1.54, 1.807) is 7.11 Å². The van der Waals surface area contributed by atoms with Crippen LogP contribution >= 0.6 is 0 Å². The highest BCUT2D eigenvalue weighted by Crippen LogP contribution is 2.26. The van der Waals surface area contributed by atoms with Gasteiger partial charge in [-0.2, -0.15) is 0 Å². The van der Waals surface area contributed by atoms with E-state index in [0.29, 0.717) is 12.0 Å². The molecular formula is C16H26N2O. The molecular weight excluding hydrogens is 236 g/mol. The molecule has 2 N–H and O–H groups in total. The molecule has 0 radical (unpaired) electrons. The van der Waals surface area contributed by atoms with Crippen LogP contribution in [0.2, 0.25) is 0 Å². The molecule has 0 saturated carbocycles. The average molecular weight is 262 g/mol. The second kappa shape index (κ2) is 6.40. The summed E-state index contributed by atoms with van der Waals surface area (Å²) >= 11 is 0. The summed E-state index contributed by atoms with van der Waals surface area (Å²) in [5.74, 6) is 1.68. The molecule has 1 heterocycles. The van der Waals surface area contributed by atoms with Crippen LogP contribution in [0.5, 0.6) is 5.75 Å². The van der Waals surface area contributed by atoms with Crippen LogP contribution in [0.1, 0.15) is 30.9 Å². The van der Waals surface area contributed by atoms with Gasteiger partial charge >= 0.3 is 0 Å². The zero-order valence-electron chi connectivity index (χ0n) is 12.4. The van der Waals surface area contributed by atoms with E-state index in [0.717, 1.165) is 25.4 Å². The van der Waals surface area contributed by atoms with E-state index in [1.807, 2.05) is 0 Å². The third-order valence-electron chi connectivity index (χ3n) is 4.33. The van der Waals surface area contributed by atoms with Crippen LogP contribution in [0.15, 0.2) is 18.2 Å². The van der Waals surface area contributed by atoms with E-state index in [9.17, 15) is 0 Å². The first-order valence-corrected chi connectivity index (χ1v) is 7.23. The van der Waals surface area contributed by atoms with E-state index >= 15 is 0 Å². The summed E-state index contributed by atoms with van der Waals surface area (Å²) in [6.07, 6.45) is 2.58. The number of hydrogen-bond donors (Lipinski definition) is 1. The molecule has 3 nitrogen and oxygen atoms in total. The Morgan fingerprint density at radius 2 is 2.21 bits per heavy atom. The number of rotatable bonds is 4. The Morgan fingerprint density at radius 1 is 1.42 bits per heavy atom. The molecule has 2 unspecified atom stereocenters. The lowest BCUT2D eigenvalue weighted by molar-refractivity contribution is 0.0990. The normalized spacial score (nSPS) is 24.4. The van der Waals surface area contributed by atoms with Crippen molar-refractivity contribution in [2.45, 2.75) is 39.3 Å². The standard InChI is InChI=1S/C16H26N2O/c1-12-5-4-8-18(15(12)10-17)11-14-7-6-13(2)16(9-14)19-3/h6-7,9,12,15H,4-5,8,10-11,17H2,1-3H3. The van der Waals surface area contributed by atoms with Crippen LogP contribution in [0.4, 0.5) is 0 Å². The molecule has 2 rings (SSSR count). The molecule has 1 aliphatic rings. The molecule has 0 amide bonds. The quantitative estimate of drug-likeness (QED) is 0.906. The number of benzene rings is 1. The molecule has 1 fully saturated rings. The fourth-order valence-corrected chi connectivity index (χ4v) is 3.11. The number of hydrogen-bond acceptors (Lipinski definition) is 3. The Bertz CT molecular complexity index is 419. The Morgan fingerprint density at radius 3 is 2.89 bits per heavy atom. The smallest absolute Gasteiger partial charge is 0.122 e. The minimum absolute atomic E-state index is 0.515. The Labute approximate surface area is 116 Å². The van der Waals surface area contributed by atoms with Crippen molar-refractivity contribution in [3.8, 4) is 5.75 Å². The van der Waals surface area contributed by atoms with E-state index in [4.69, 9.17) is 10.5 Å².